The lowest BCUT2D eigenvalue weighted by Crippen LogP contribution is -2.20. The highest BCUT2D eigenvalue weighted by molar-refractivity contribution is 5.79. The molecule has 0 aliphatic heterocycles. The molecule has 0 saturated carbocycles. The van der Waals surface area contributed by atoms with E-state index in [4.69, 9.17) is 4.74 Å². The molecule has 0 rings (SSSR count). The second kappa shape index (κ2) is 9.79. The van der Waals surface area contributed by atoms with Crippen LogP contribution in [0.1, 0.15) is 47.0 Å². The third kappa shape index (κ3) is 11.7. The molecule has 3 heteroatoms. The molecule has 0 amide bonds. The van der Waals surface area contributed by atoms with E-state index in [0.29, 0.717) is 6.42 Å². The highest BCUT2D eigenvalue weighted by Crippen LogP contribution is 1.97. The lowest BCUT2D eigenvalue weighted by molar-refractivity contribution is -0.125. The number of Topliss-reactive ketones (excluding diaryl/α,β-unsaturated/α-hetero) is 1. The summed E-state index contributed by atoms with van der Waals surface area (Å²) in [6.45, 7) is 10.6. The summed E-state index contributed by atoms with van der Waals surface area (Å²) in [5.41, 5.74) is 0. The first-order chi connectivity index (χ1) is 7.52. The molecule has 96 valence electrons. The van der Waals surface area contributed by atoms with Crippen molar-refractivity contribution in [3.8, 4) is 0 Å². The van der Waals surface area contributed by atoms with Crippen LogP contribution in [-0.2, 0) is 9.53 Å². The Balaban J connectivity index is 3.21. The Hall–Kier alpha value is -0.410. The minimum Gasteiger partial charge on any atom is -0.371 e. The van der Waals surface area contributed by atoms with E-state index in [9.17, 15) is 4.79 Å². The molecule has 0 heterocycles. The Labute approximate surface area is 99.9 Å². The second-order valence-corrected chi connectivity index (χ2v) is 4.93. The molecule has 3 nitrogen and oxygen atoms in total. The van der Waals surface area contributed by atoms with Gasteiger partial charge in [0.1, 0.15) is 6.61 Å². The highest BCUT2D eigenvalue weighted by atomic mass is 16.5. The van der Waals surface area contributed by atoms with E-state index in [-0.39, 0.29) is 18.5 Å². The fourth-order valence-corrected chi connectivity index (χ4v) is 1.26. The fourth-order valence-electron chi connectivity index (χ4n) is 1.26. The van der Waals surface area contributed by atoms with Gasteiger partial charge in [0.05, 0.1) is 6.10 Å². The fraction of sp³-hybridized carbons (Fsp3) is 0.923. The Kier molecular flexibility index (Phi) is 9.54. The average Bonchev–Trinajstić information content (AvgIpc) is 2.19. The van der Waals surface area contributed by atoms with Gasteiger partial charge in [0.25, 0.3) is 0 Å². The zero-order valence-electron chi connectivity index (χ0n) is 11.2. The summed E-state index contributed by atoms with van der Waals surface area (Å²) in [7, 11) is 0. The van der Waals surface area contributed by atoms with E-state index >= 15 is 0 Å². The molecule has 0 atom stereocenters. The molecule has 0 aromatic carbocycles. The van der Waals surface area contributed by atoms with Gasteiger partial charge in [-0.1, -0.05) is 13.8 Å². The van der Waals surface area contributed by atoms with E-state index < -0.39 is 0 Å². The van der Waals surface area contributed by atoms with Crippen LogP contribution >= 0.6 is 0 Å². The van der Waals surface area contributed by atoms with Gasteiger partial charge in [-0.3, -0.25) is 4.79 Å². The molecular weight excluding hydrogens is 202 g/mol. The smallest absolute Gasteiger partial charge is 0.158 e. The normalized spacial score (nSPS) is 11.4. The van der Waals surface area contributed by atoms with Crippen LogP contribution in [0.25, 0.3) is 0 Å². The molecular formula is C13H27NO2. The van der Waals surface area contributed by atoms with Crippen molar-refractivity contribution in [1.29, 1.82) is 0 Å². The number of hydrogen-bond donors (Lipinski definition) is 1. The van der Waals surface area contributed by atoms with Crippen LogP contribution in [0.5, 0.6) is 0 Å². The van der Waals surface area contributed by atoms with Crippen molar-refractivity contribution in [3.63, 3.8) is 0 Å². The average molecular weight is 229 g/mol. The lowest BCUT2D eigenvalue weighted by atomic mass is 10.1. The third-order valence-electron chi connectivity index (χ3n) is 2.29. The van der Waals surface area contributed by atoms with Gasteiger partial charge in [-0.05, 0) is 45.7 Å². The number of carbonyl (C=O) groups excluding carboxylic acids is 1. The van der Waals surface area contributed by atoms with Gasteiger partial charge in [0.2, 0.25) is 0 Å². The van der Waals surface area contributed by atoms with Gasteiger partial charge in [-0.2, -0.15) is 0 Å². The van der Waals surface area contributed by atoms with Gasteiger partial charge >= 0.3 is 0 Å². The Morgan fingerprint density at radius 3 is 2.44 bits per heavy atom. The van der Waals surface area contributed by atoms with E-state index in [1.165, 1.54) is 6.42 Å². The van der Waals surface area contributed by atoms with Crippen LogP contribution in [0.2, 0.25) is 0 Å². The van der Waals surface area contributed by atoms with E-state index in [2.05, 4.69) is 19.2 Å². The standard InChI is InChI=1S/C13H27NO2/c1-11(2)7-9-14-8-5-6-13(15)10-16-12(3)4/h11-12,14H,5-10H2,1-4H3. The molecule has 0 saturated heterocycles. The molecule has 0 bridgehead atoms. The SMILES string of the molecule is CC(C)CCNCCCC(=O)COC(C)C. The van der Waals surface area contributed by atoms with Crippen molar-refractivity contribution in [2.75, 3.05) is 19.7 Å². The van der Waals surface area contributed by atoms with Crippen LogP contribution in [0.4, 0.5) is 0 Å². The molecule has 0 fully saturated rings. The molecule has 0 spiro atoms. The Morgan fingerprint density at radius 2 is 1.88 bits per heavy atom. The lowest BCUT2D eigenvalue weighted by Gasteiger charge is -2.08. The van der Waals surface area contributed by atoms with Crippen LogP contribution in [-0.4, -0.2) is 31.6 Å². The number of ketones is 1. The Morgan fingerprint density at radius 1 is 1.19 bits per heavy atom. The minimum absolute atomic E-state index is 0.146. The maximum atomic E-state index is 11.3. The molecule has 0 aliphatic carbocycles. The number of ether oxygens (including phenoxy) is 1. The van der Waals surface area contributed by atoms with Crippen LogP contribution in [0, 0.1) is 5.92 Å². The van der Waals surface area contributed by atoms with Gasteiger partial charge in [0, 0.05) is 6.42 Å². The molecule has 1 N–H and O–H groups in total. The third-order valence-corrected chi connectivity index (χ3v) is 2.29. The van der Waals surface area contributed by atoms with Crippen molar-refractivity contribution < 1.29 is 9.53 Å². The predicted octanol–water partition coefficient (Wildman–Crippen LogP) is 2.40. The summed E-state index contributed by atoms with van der Waals surface area (Å²) >= 11 is 0. The van der Waals surface area contributed by atoms with Gasteiger partial charge in [-0.15, -0.1) is 0 Å². The predicted molar refractivity (Wildman–Crippen MR) is 67.7 cm³/mol. The number of nitrogens with one attached hydrogen (secondary N) is 1. The van der Waals surface area contributed by atoms with Gasteiger partial charge < -0.3 is 10.1 Å². The number of hydrogen-bond acceptors (Lipinski definition) is 3. The van der Waals surface area contributed by atoms with E-state index in [1.54, 1.807) is 0 Å². The maximum absolute atomic E-state index is 11.3. The van der Waals surface area contributed by atoms with Gasteiger partial charge in [0.15, 0.2) is 5.78 Å². The molecule has 0 aromatic heterocycles. The second-order valence-electron chi connectivity index (χ2n) is 4.93. The summed E-state index contributed by atoms with van der Waals surface area (Å²) in [5, 5.41) is 3.34. The molecule has 0 aromatic rings. The molecule has 0 unspecified atom stereocenters. The molecule has 0 aliphatic rings. The first-order valence-corrected chi connectivity index (χ1v) is 6.36. The zero-order chi connectivity index (χ0) is 12.4. The quantitative estimate of drug-likeness (QED) is 0.585. The van der Waals surface area contributed by atoms with Crippen LogP contribution in [0.3, 0.4) is 0 Å². The first-order valence-electron chi connectivity index (χ1n) is 6.36. The Bertz CT molecular complexity index is 179. The van der Waals surface area contributed by atoms with Crippen LogP contribution < -0.4 is 5.32 Å². The van der Waals surface area contributed by atoms with Crippen molar-refractivity contribution >= 4 is 5.78 Å². The summed E-state index contributed by atoms with van der Waals surface area (Å²) in [5.74, 6) is 0.952. The zero-order valence-corrected chi connectivity index (χ0v) is 11.2. The summed E-state index contributed by atoms with van der Waals surface area (Å²) in [6, 6.07) is 0. The summed E-state index contributed by atoms with van der Waals surface area (Å²) in [6.07, 6.45) is 2.89. The summed E-state index contributed by atoms with van der Waals surface area (Å²) < 4.78 is 5.24. The summed E-state index contributed by atoms with van der Waals surface area (Å²) in [4.78, 5) is 11.3. The monoisotopic (exact) mass is 229 g/mol. The highest BCUT2D eigenvalue weighted by Gasteiger charge is 2.03. The van der Waals surface area contributed by atoms with E-state index in [0.717, 1.165) is 25.4 Å². The van der Waals surface area contributed by atoms with Crippen molar-refractivity contribution in [2.45, 2.75) is 53.1 Å². The van der Waals surface area contributed by atoms with Crippen molar-refractivity contribution in [2.24, 2.45) is 5.92 Å². The van der Waals surface area contributed by atoms with Crippen LogP contribution in [0.15, 0.2) is 0 Å². The minimum atomic E-state index is 0.146. The van der Waals surface area contributed by atoms with E-state index in [1.807, 2.05) is 13.8 Å². The maximum Gasteiger partial charge on any atom is 0.158 e. The molecule has 16 heavy (non-hydrogen) atoms. The number of carbonyl (C=O) groups is 1. The largest absolute Gasteiger partial charge is 0.371 e. The first kappa shape index (κ1) is 15.6. The van der Waals surface area contributed by atoms with Gasteiger partial charge in [-0.25, -0.2) is 0 Å². The number of rotatable bonds is 10. The van der Waals surface area contributed by atoms with Crippen molar-refractivity contribution in [3.05, 3.63) is 0 Å². The molecule has 0 radical (unpaired) electrons. The topological polar surface area (TPSA) is 38.3 Å². The van der Waals surface area contributed by atoms with Crippen molar-refractivity contribution in [1.82, 2.24) is 5.32 Å².